The fraction of sp³-hybridized carbons (Fsp3) is 0.276. The van der Waals surface area contributed by atoms with Gasteiger partial charge in [0.1, 0.15) is 11.3 Å². The van der Waals surface area contributed by atoms with E-state index in [0.29, 0.717) is 11.7 Å². The number of hydrogen-bond donors (Lipinski definition) is 0. The van der Waals surface area contributed by atoms with Crippen LogP contribution in [-0.4, -0.2) is 31.0 Å². The van der Waals surface area contributed by atoms with Crippen molar-refractivity contribution in [3.8, 4) is 16.9 Å². The SMILES string of the molecule is COc1cc2occ(-c3cccc4ccccc34)c2cc1/C(C)=C/C(=O)N1CCC(C)CC1. The Hall–Kier alpha value is -3.53. The van der Waals surface area contributed by atoms with Crippen LogP contribution in [-0.2, 0) is 4.79 Å². The lowest BCUT2D eigenvalue weighted by Crippen LogP contribution is -2.36. The van der Waals surface area contributed by atoms with Crippen molar-refractivity contribution in [2.75, 3.05) is 20.2 Å². The van der Waals surface area contributed by atoms with Gasteiger partial charge in [0.2, 0.25) is 5.91 Å². The Bertz CT molecular complexity index is 1350. The zero-order valence-electron chi connectivity index (χ0n) is 19.4. The van der Waals surface area contributed by atoms with Crippen LogP contribution >= 0.6 is 0 Å². The van der Waals surface area contributed by atoms with Crippen LogP contribution in [0, 0.1) is 5.92 Å². The smallest absolute Gasteiger partial charge is 0.246 e. The third-order valence-corrected chi connectivity index (χ3v) is 6.84. The Morgan fingerprint density at radius 3 is 2.58 bits per heavy atom. The Morgan fingerprint density at radius 1 is 1.03 bits per heavy atom. The van der Waals surface area contributed by atoms with Crippen LogP contribution in [0.3, 0.4) is 0 Å². The molecule has 0 N–H and O–H groups in total. The summed E-state index contributed by atoms with van der Waals surface area (Å²) in [7, 11) is 1.65. The molecule has 0 bridgehead atoms. The first-order valence-electron chi connectivity index (χ1n) is 11.6. The number of furan rings is 1. The minimum absolute atomic E-state index is 0.0722. The number of benzene rings is 3. The first-order chi connectivity index (χ1) is 16.0. The first-order valence-corrected chi connectivity index (χ1v) is 11.6. The molecule has 1 aromatic heterocycles. The molecule has 168 valence electrons. The highest BCUT2D eigenvalue weighted by Crippen LogP contribution is 2.39. The number of allylic oxidation sites excluding steroid dienone is 1. The quantitative estimate of drug-likeness (QED) is 0.324. The zero-order valence-corrected chi connectivity index (χ0v) is 19.4. The van der Waals surface area contributed by atoms with Gasteiger partial charge in [-0.1, -0.05) is 49.4 Å². The third kappa shape index (κ3) is 4.02. The molecule has 3 aromatic carbocycles. The van der Waals surface area contributed by atoms with Crippen molar-refractivity contribution >= 4 is 33.2 Å². The van der Waals surface area contributed by atoms with Gasteiger partial charge in [-0.05, 0) is 53.7 Å². The van der Waals surface area contributed by atoms with Crippen molar-refractivity contribution in [1.29, 1.82) is 0 Å². The second-order valence-corrected chi connectivity index (χ2v) is 9.06. The van der Waals surface area contributed by atoms with Gasteiger partial charge in [0, 0.05) is 41.7 Å². The van der Waals surface area contributed by atoms with Gasteiger partial charge < -0.3 is 14.1 Å². The molecule has 0 aliphatic carbocycles. The Balaban J connectivity index is 1.57. The highest BCUT2D eigenvalue weighted by molar-refractivity contribution is 6.06. The minimum Gasteiger partial charge on any atom is -0.496 e. The predicted octanol–water partition coefficient (Wildman–Crippen LogP) is 6.92. The molecule has 1 amide bonds. The van der Waals surface area contributed by atoms with Gasteiger partial charge in [-0.25, -0.2) is 0 Å². The second kappa shape index (κ2) is 8.78. The molecule has 0 radical (unpaired) electrons. The van der Waals surface area contributed by atoms with Crippen molar-refractivity contribution < 1.29 is 13.9 Å². The molecular weight excluding hydrogens is 410 g/mol. The van der Waals surface area contributed by atoms with Gasteiger partial charge in [0.15, 0.2) is 0 Å². The fourth-order valence-corrected chi connectivity index (χ4v) is 4.78. The zero-order chi connectivity index (χ0) is 22.9. The fourth-order valence-electron chi connectivity index (χ4n) is 4.78. The van der Waals surface area contributed by atoms with Gasteiger partial charge in [0.25, 0.3) is 0 Å². The number of fused-ring (bicyclic) bond motifs is 2. The monoisotopic (exact) mass is 439 g/mol. The number of methoxy groups -OCH3 is 1. The molecule has 4 nitrogen and oxygen atoms in total. The summed E-state index contributed by atoms with van der Waals surface area (Å²) in [5.41, 5.74) is 4.73. The van der Waals surface area contributed by atoms with Crippen LogP contribution in [0.15, 0.2) is 71.4 Å². The number of likely N-dealkylation sites (tertiary alicyclic amines) is 1. The van der Waals surface area contributed by atoms with E-state index >= 15 is 0 Å². The summed E-state index contributed by atoms with van der Waals surface area (Å²) in [5.74, 6) is 1.47. The van der Waals surface area contributed by atoms with Gasteiger partial charge in [-0.3, -0.25) is 4.79 Å². The molecule has 4 heteroatoms. The number of ether oxygens (including phenoxy) is 1. The van der Waals surface area contributed by atoms with E-state index in [9.17, 15) is 4.79 Å². The van der Waals surface area contributed by atoms with Gasteiger partial charge in [-0.2, -0.15) is 0 Å². The largest absolute Gasteiger partial charge is 0.496 e. The van der Waals surface area contributed by atoms with E-state index in [1.807, 2.05) is 24.2 Å². The Morgan fingerprint density at radius 2 is 1.79 bits per heavy atom. The maximum absolute atomic E-state index is 12.9. The van der Waals surface area contributed by atoms with Crippen LogP contribution < -0.4 is 4.74 Å². The summed E-state index contributed by atoms with van der Waals surface area (Å²) in [6.45, 7) is 5.88. The lowest BCUT2D eigenvalue weighted by molar-refractivity contribution is -0.127. The lowest BCUT2D eigenvalue weighted by atomic mass is 9.95. The molecule has 0 unspecified atom stereocenters. The van der Waals surface area contributed by atoms with Crippen molar-refractivity contribution in [2.24, 2.45) is 5.92 Å². The van der Waals surface area contributed by atoms with E-state index in [1.165, 1.54) is 10.8 Å². The van der Waals surface area contributed by atoms with Crippen LogP contribution in [0.4, 0.5) is 0 Å². The summed E-state index contributed by atoms with van der Waals surface area (Å²) in [4.78, 5) is 14.9. The molecule has 1 aliphatic heterocycles. The topological polar surface area (TPSA) is 42.7 Å². The lowest BCUT2D eigenvalue weighted by Gasteiger charge is -2.29. The maximum Gasteiger partial charge on any atom is 0.246 e. The van der Waals surface area contributed by atoms with Crippen LogP contribution in [0.2, 0.25) is 0 Å². The van der Waals surface area contributed by atoms with E-state index in [1.54, 1.807) is 13.2 Å². The maximum atomic E-state index is 12.9. The molecule has 0 saturated carbocycles. The van der Waals surface area contributed by atoms with Crippen molar-refractivity contribution in [3.05, 3.63) is 72.5 Å². The molecule has 33 heavy (non-hydrogen) atoms. The summed E-state index contributed by atoms with van der Waals surface area (Å²) in [6, 6.07) is 18.7. The summed E-state index contributed by atoms with van der Waals surface area (Å²) >= 11 is 0. The van der Waals surface area contributed by atoms with Crippen LogP contribution in [0.1, 0.15) is 32.3 Å². The van der Waals surface area contributed by atoms with Gasteiger partial charge in [0.05, 0.1) is 13.4 Å². The average Bonchev–Trinajstić information content (AvgIpc) is 3.25. The van der Waals surface area contributed by atoms with E-state index < -0.39 is 0 Å². The van der Waals surface area contributed by atoms with E-state index in [4.69, 9.17) is 9.15 Å². The molecule has 1 saturated heterocycles. The van der Waals surface area contributed by atoms with Crippen LogP contribution in [0.5, 0.6) is 5.75 Å². The number of rotatable bonds is 4. The second-order valence-electron chi connectivity index (χ2n) is 9.06. The average molecular weight is 440 g/mol. The molecule has 1 aliphatic rings. The van der Waals surface area contributed by atoms with Gasteiger partial charge >= 0.3 is 0 Å². The van der Waals surface area contributed by atoms with E-state index in [0.717, 1.165) is 59.2 Å². The molecule has 5 rings (SSSR count). The molecular formula is C29H29NO3. The number of carbonyl (C=O) groups is 1. The standard InChI is InChI=1S/C29H29NO3/c1-19-11-13-30(14-12-19)29(31)15-20(2)24-16-25-26(18-33-28(25)17-27(24)32-3)23-10-6-8-21-7-4-5-9-22(21)23/h4-10,15-19H,11-14H2,1-3H3/b20-15+. The normalized spacial score (nSPS) is 15.4. The summed E-state index contributed by atoms with van der Waals surface area (Å²) < 4.78 is 11.6. The number of amides is 1. The van der Waals surface area contributed by atoms with Gasteiger partial charge in [-0.15, -0.1) is 0 Å². The predicted molar refractivity (Wildman–Crippen MR) is 134 cm³/mol. The number of piperidine rings is 1. The number of carbonyl (C=O) groups excluding carboxylic acids is 1. The summed E-state index contributed by atoms with van der Waals surface area (Å²) in [5, 5.41) is 3.38. The van der Waals surface area contributed by atoms with Crippen LogP contribution in [0.25, 0.3) is 38.4 Å². The third-order valence-electron chi connectivity index (χ3n) is 6.84. The van der Waals surface area contributed by atoms with Crippen molar-refractivity contribution in [3.63, 3.8) is 0 Å². The number of hydrogen-bond acceptors (Lipinski definition) is 3. The van der Waals surface area contributed by atoms with Crippen molar-refractivity contribution in [1.82, 2.24) is 4.90 Å². The molecule has 0 atom stereocenters. The Labute approximate surface area is 194 Å². The summed E-state index contributed by atoms with van der Waals surface area (Å²) in [6.07, 6.45) is 5.70. The highest BCUT2D eigenvalue weighted by Gasteiger charge is 2.20. The number of nitrogens with zero attached hydrogens (tertiary/aromatic N) is 1. The van der Waals surface area contributed by atoms with E-state index in [2.05, 4.69) is 55.5 Å². The first kappa shape index (κ1) is 21.3. The molecule has 0 spiro atoms. The minimum atomic E-state index is 0.0722. The Kier molecular flexibility index (Phi) is 5.67. The molecule has 4 aromatic rings. The highest BCUT2D eigenvalue weighted by atomic mass is 16.5. The van der Waals surface area contributed by atoms with Crippen molar-refractivity contribution in [2.45, 2.75) is 26.7 Å². The molecule has 2 heterocycles. The molecule has 1 fully saturated rings. The van der Waals surface area contributed by atoms with E-state index in [-0.39, 0.29) is 5.91 Å².